The van der Waals surface area contributed by atoms with E-state index in [1.165, 1.54) is 12.1 Å². The van der Waals surface area contributed by atoms with Gasteiger partial charge in [-0.2, -0.15) is 0 Å². The van der Waals surface area contributed by atoms with Crippen molar-refractivity contribution in [2.75, 3.05) is 29.9 Å². The van der Waals surface area contributed by atoms with E-state index in [1.54, 1.807) is 18.3 Å². The summed E-state index contributed by atoms with van der Waals surface area (Å²) in [6, 6.07) is 18.2. The van der Waals surface area contributed by atoms with Crippen LogP contribution in [0.5, 0.6) is 5.75 Å². The molecule has 4 aromatic rings. The van der Waals surface area contributed by atoms with Gasteiger partial charge < -0.3 is 20.1 Å². The number of hydrogen-bond acceptors (Lipinski definition) is 6. The van der Waals surface area contributed by atoms with Gasteiger partial charge in [0.05, 0.1) is 18.7 Å². The Kier molecular flexibility index (Phi) is 8.94. The molecule has 0 spiro atoms. The molecule has 0 atom stereocenters. The molecule has 0 unspecified atom stereocenters. The van der Waals surface area contributed by atoms with Crippen molar-refractivity contribution in [3.63, 3.8) is 0 Å². The van der Waals surface area contributed by atoms with E-state index in [1.807, 2.05) is 50.2 Å². The number of carbonyl (C=O) groups is 1. The molecule has 5 rings (SSSR count). The second-order valence-electron chi connectivity index (χ2n) is 12.1. The molecular formula is C35H39FN4O3. The summed E-state index contributed by atoms with van der Waals surface area (Å²) in [6.45, 7) is 10.6. The number of rotatable bonds is 10. The van der Waals surface area contributed by atoms with Crippen molar-refractivity contribution in [1.82, 2.24) is 9.97 Å². The number of aromatic nitrogens is 2. The number of pyridine rings is 2. The number of aryl methyl sites for hydroxylation is 2. The zero-order valence-electron chi connectivity index (χ0n) is 25.3. The smallest absolute Gasteiger partial charge is 0.307 e. The summed E-state index contributed by atoms with van der Waals surface area (Å²) < 4.78 is 19.2. The molecule has 7 nitrogen and oxygen atoms in total. The highest BCUT2D eigenvalue weighted by Gasteiger charge is 2.31. The zero-order valence-corrected chi connectivity index (χ0v) is 25.3. The van der Waals surface area contributed by atoms with Crippen LogP contribution in [0.15, 0.2) is 66.9 Å². The van der Waals surface area contributed by atoms with E-state index in [2.05, 4.69) is 29.0 Å². The average Bonchev–Trinajstić information content (AvgIpc) is 2.96. The highest BCUT2D eigenvalue weighted by Crippen LogP contribution is 2.44. The van der Waals surface area contributed by atoms with Gasteiger partial charge in [0.2, 0.25) is 0 Å². The number of carboxylic acid groups (broad SMARTS) is 1. The summed E-state index contributed by atoms with van der Waals surface area (Å²) in [6.07, 6.45) is 4.31. The van der Waals surface area contributed by atoms with Crippen molar-refractivity contribution in [3.8, 4) is 16.9 Å². The third kappa shape index (κ3) is 7.49. The zero-order chi connectivity index (χ0) is 30.6. The standard InChI is InChI=1S/C35H39FN4O3/c1-23-13-17-37-30(21-23)39-34-32(26-7-11-28(12-8-26)43-20-14-25-5-9-27(36)10-6-25)33(29(22-31(41)42)24(2)38-34)40-18-15-35(3,4)16-19-40/h5-13,17,21H,14-16,18-20,22H2,1-4H3,(H,41,42)(H,37,38,39). The monoisotopic (exact) mass is 582 g/mol. The number of halogens is 1. The second kappa shape index (κ2) is 12.8. The Bertz CT molecular complexity index is 1580. The van der Waals surface area contributed by atoms with Crippen molar-refractivity contribution in [1.29, 1.82) is 0 Å². The molecule has 2 aromatic carbocycles. The van der Waals surface area contributed by atoms with Crippen LogP contribution in [0, 0.1) is 25.1 Å². The fraction of sp³-hybridized carbons (Fsp3) is 0.343. The normalized spacial score (nSPS) is 14.4. The molecule has 2 N–H and O–H groups in total. The van der Waals surface area contributed by atoms with Crippen molar-refractivity contribution < 1.29 is 19.0 Å². The summed E-state index contributed by atoms with van der Waals surface area (Å²) >= 11 is 0. The molecule has 1 aliphatic heterocycles. The van der Waals surface area contributed by atoms with Gasteiger partial charge in [-0.05, 0) is 85.2 Å². The summed E-state index contributed by atoms with van der Waals surface area (Å²) in [7, 11) is 0. The van der Waals surface area contributed by atoms with Gasteiger partial charge in [0.1, 0.15) is 23.2 Å². The highest BCUT2D eigenvalue weighted by molar-refractivity contribution is 5.92. The first-order chi connectivity index (χ1) is 20.6. The van der Waals surface area contributed by atoms with Crippen LogP contribution in [0.3, 0.4) is 0 Å². The first kappa shape index (κ1) is 30.0. The summed E-state index contributed by atoms with van der Waals surface area (Å²) in [5, 5.41) is 13.3. The number of aliphatic carboxylic acids is 1. The molecule has 1 saturated heterocycles. The van der Waals surface area contributed by atoms with Crippen LogP contribution in [-0.2, 0) is 17.6 Å². The fourth-order valence-corrected chi connectivity index (χ4v) is 5.52. The summed E-state index contributed by atoms with van der Waals surface area (Å²) in [5.74, 6) is 0.880. The van der Waals surface area contributed by atoms with Gasteiger partial charge in [-0.3, -0.25) is 4.79 Å². The number of carboxylic acids is 1. The number of benzene rings is 2. The molecule has 0 amide bonds. The van der Waals surface area contributed by atoms with Gasteiger partial charge in [-0.25, -0.2) is 14.4 Å². The summed E-state index contributed by atoms with van der Waals surface area (Å²) in [4.78, 5) is 23.8. The van der Waals surface area contributed by atoms with E-state index >= 15 is 0 Å². The molecule has 0 aliphatic carbocycles. The number of ether oxygens (including phenoxy) is 1. The van der Waals surface area contributed by atoms with E-state index in [-0.39, 0.29) is 17.7 Å². The Morgan fingerprint density at radius 3 is 2.40 bits per heavy atom. The molecule has 2 aromatic heterocycles. The Morgan fingerprint density at radius 1 is 1.05 bits per heavy atom. The molecule has 1 fully saturated rings. The molecule has 1 aliphatic rings. The molecule has 0 saturated carbocycles. The molecule has 43 heavy (non-hydrogen) atoms. The van der Waals surface area contributed by atoms with Crippen molar-refractivity contribution in [3.05, 3.63) is 95.1 Å². The molecular weight excluding hydrogens is 543 g/mol. The predicted octanol–water partition coefficient (Wildman–Crippen LogP) is 7.52. The van der Waals surface area contributed by atoms with Crippen LogP contribution >= 0.6 is 0 Å². The quantitative estimate of drug-likeness (QED) is 0.200. The van der Waals surface area contributed by atoms with Crippen molar-refractivity contribution in [2.24, 2.45) is 5.41 Å². The maximum atomic E-state index is 13.2. The Morgan fingerprint density at radius 2 is 1.74 bits per heavy atom. The first-order valence-electron chi connectivity index (χ1n) is 14.8. The fourth-order valence-electron chi connectivity index (χ4n) is 5.52. The van der Waals surface area contributed by atoms with Crippen molar-refractivity contribution in [2.45, 2.75) is 53.4 Å². The average molecular weight is 583 g/mol. The number of hydrogen-bond donors (Lipinski definition) is 2. The largest absolute Gasteiger partial charge is 0.493 e. The van der Waals surface area contributed by atoms with Crippen LogP contribution in [0.1, 0.15) is 49.1 Å². The van der Waals surface area contributed by atoms with E-state index in [4.69, 9.17) is 9.72 Å². The van der Waals surface area contributed by atoms with Crippen molar-refractivity contribution >= 4 is 23.3 Å². The lowest BCUT2D eigenvalue weighted by molar-refractivity contribution is -0.136. The van der Waals surface area contributed by atoms with Crippen LogP contribution in [0.4, 0.5) is 21.7 Å². The predicted molar refractivity (Wildman–Crippen MR) is 169 cm³/mol. The van der Waals surface area contributed by atoms with Crippen LogP contribution < -0.4 is 15.0 Å². The molecule has 3 heterocycles. The van der Waals surface area contributed by atoms with Gasteiger partial charge in [-0.15, -0.1) is 0 Å². The minimum absolute atomic E-state index is 0.116. The first-order valence-corrected chi connectivity index (χ1v) is 14.8. The number of piperidine rings is 1. The minimum atomic E-state index is -0.889. The lowest BCUT2D eigenvalue weighted by atomic mass is 9.82. The number of nitrogens with one attached hydrogen (secondary N) is 1. The van der Waals surface area contributed by atoms with Crippen LogP contribution in [0.2, 0.25) is 0 Å². The third-order valence-electron chi connectivity index (χ3n) is 8.11. The van der Waals surface area contributed by atoms with E-state index in [0.29, 0.717) is 36.1 Å². The van der Waals surface area contributed by atoms with Gasteiger partial charge in [-0.1, -0.05) is 38.1 Å². The molecule has 0 radical (unpaired) electrons. The van der Waals surface area contributed by atoms with Gasteiger partial charge in [0.15, 0.2) is 0 Å². The van der Waals surface area contributed by atoms with E-state index in [0.717, 1.165) is 59.4 Å². The maximum absolute atomic E-state index is 13.2. The second-order valence-corrected chi connectivity index (χ2v) is 12.1. The van der Waals surface area contributed by atoms with Gasteiger partial charge in [0, 0.05) is 42.5 Å². The third-order valence-corrected chi connectivity index (χ3v) is 8.11. The van der Waals surface area contributed by atoms with E-state index < -0.39 is 5.97 Å². The van der Waals surface area contributed by atoms with E-state index in [9.17, 15) is 14.3 Å². The molecule has 0 bridgehead atoms. The molecule has 224 valence electrons. The highest BCUT2D eigenvalue weighted by atomic mass is 19.1. The topological polar surface area (TPSA) is 87.6 Å². The molecule has 8 heteroatoms. The number of anilines is 3. The lowest BCUT2D eigenvalue weighted by Gasteiger charge is -2.40. The van der Waals surface area contributed by atoms with Crippen LogP contribution in [-0.4, -0.2) is 40.7 Å². The lowest BCUT2D eigenvalue weighted by Crippen LogP contribution is -2.38. The van der Waals surface area contributed by atoms with Gasteiger partial charge in [0.25, 0.3) is 0 Å². The Labute approximate surface area is 252 Å². The summed E-state index contributed by atoms with van der Waals surface area (Å²) in [5.41, 5.74) is 6.37. The maximum Gasteiger partial charge on any atom is 0.307 e. The Balaban J connectivity index is 1.53. The Hall–Kier alpha value is -4.46. The minimum Gasteiger partial charge on any atom is -0.493 e. The SMILES string of the molecule is Cc1ccnc(Nc2nc(C)c(CC(=O)O)c(N3CCC(C)(C)CC3)c2-c2ccc(OCCc3ccc(F)cc3)cc2)c1. The van der Waals surface area contributed by atoms with Gasteiger partial charge >= 0.3 is 5.97 Å². The number of nitrogens with zero attached hydrogens (tertiary/aromatic N) is 3. The van der Waals surface area contributed by atoms with Crippen LogP contribution in [0.25, 0.3) is 11.1 Å².